The molecule has 2 N–H and O–H groups in total. The van der Waals surface area contributed by atoms with Gasteiger partial charge in [-0.2, -0.15) is 0 Å². The van der Waals surface area contributed by atoms with E-state index in [1.165, 1.54) is 5.56 Å². The molecule has 0 aliphatic carbocycles. The molecule has 21 heavy (non-hydrogen) atoms. The van der Waals surface area contributed by atoms with Crippen LogP contribution in [0.3, 0.4) is 0 Å². The van der Waals surface area contributed by atoms with Gasteiger partial charge in [0.2, 0.25) is 0 Å². The van der Waals surface area contributed by atoms with Crippen LogP contribution in [0.15, 0.2) is 24.3 Å². The lowest BCUT2D eigenvalue weighted by molar-refractivity contribution is 0.475. The Kier molecular flexibility index (Phi) is 5.28. The van der Waals surface area contributed by atoms with Gasteiger partial charge in [-0.05, 0) is 69.6 Å². The quantitative estimate of drug-likeness (QED) is 0.801. The summed E-state index contributed by atoms with van der Waals surface area (Å²) in [4.78, 5) is 9.22. The first kappa shape index (κ1) is 15.4. The minimum atomic E-state index is 0.255. The first-order valence-electron chi connectivity index (χ1n) is 7.46. The lowest BCUT2D eigenvalue weighted by Gasteiger charge is -2.11. The average Bonchev–Trinajstić information content (AvgIpc) is 2.46. The minimum absolute atomic E-state index is 0.255. The van der Waals surface area contributed by atoms with Gasteiger partial charge in [0, 0.05) is 17.0 Å². The summed E-state index contributed by atoms with van der Waals surface area (Å²) in [6.07, 6.45) is 2.10. The Morgan fingerprint density at radius 2 is 1.62 bits per heavy atom. The molecular weight excluding hydrogens is 262 g/mol. The summed E-state index contributed by atoms with van der Waals surface area (Å²) in [5.74, 6) is 0.973. The molecule has 0 amide bonds. The van der Waals surface area contributed by atoms with Crippen molar-refractivity contribution in [2.45, 2.75) is 33.6 Å². The molecule has 0 spiro atoms. The van der Waals surface area contributed by atoms with E-state index in [0.29, 0.717) is 0 Å². The van der Waals surface area contributed by atoms with Crippen LogP contribution in [-0.4, -0.2) is 28.2 Å². The fourth-order valence-electron chi connectivity index (χ4n) is 2.36. The van der Waals surface area contributed by atoms with E-state index in [1.54, 1.807) is 12.1 Å². The zero-order valence-corrected chi connectivity index (χ0v) is 13.0. The van der Waals surface area contributed by atoms with Crippen molar-refractivity contribution in [3.63, 3.8) is 0 Å². The highest BCUT2D eigenvalue weighted by Gasteiger charge is 2.09. The van der Waals surface area contributed by atoms with Crippen LogP contribution in [0.4, 0.5) is 0 Å². The maximum atomic E-state index is 9.35. The van der Waals surface area contributed by atoms with Crippen LogP contribution in [-0.2, 0) is 6.42 Å². The van der Waals surface area contributed by atoms with Crippen LogP contribution in [0, 0.1) is 13.8 Å². The van der Waals surface area contributed by atoms with Crippen LogP contribution in [0.5, 0.6) is 5.75 Å². The molecular formula is C17H23N3O. The average molecular weight is 285 g/mol. The Hall–Kier alpha value is -1.94. The molecule has 0 saturated heterocycles. The molecule has 112 valence electrons. The molecule has 0 saturated carbocycles. The molecule has 0 aliphatic heterocycles. The van der Waals surface area contributed by atoms with Gasteiger partial charge in [-0.15, -0.1) is 0 Å². The summed E-state index contributed by atoms with van der Waals surface area (Å²) in [6, 6.07) is 7.00. The monoisotopic (exact) mass is 285 g/mol. The molecule has 0 bridgehead atoms. The number of benzene rings is 1. The standard InChI is InChI=1S/C17H23N3O/c1-4-10-18-11-9-16-12(2)19-17(20-13(16)3)14-5-7-15(21)8-6-14/h5-8,18,21H,4,9-11H2,1-3H3. The molecule has 0 atom stereocenters. The molecule has 0 aliphatic rings. The Morgan fingerprint density at radius 3 is 2.19 bits per heavy atom. The van der Waals surface area contributed by atoms with Gasteiger partial charge in [0.25, 0.3) is 0 Å². The highest BCUT2D eigenvalue weighted by Crippen LogP contribution is 2.21. The second-order valence-corrected chi connectivity index (χ2v) is 5.24. The van der Waals surface area contributed by atoms with E-state index >= 15 is 0 Å². The van der Waals surface area contributed by atoms with Crippen LogP contribution in [0.2, 0.25) is 0 Å². The van der Waals surface area contributed by atoms with E-state index < -0.39 is 0 Å². The number of phenols is 1. The summed E-state index contributed by atoms with van der Waals surface area (Å²) in [5, 5.41) is 12.8. The number of hydrogen-bond acceptors (Lipinski definition) is 4. The van der Waals surface area contributed by atoms with Gasteiger partial charge in [-0.1, -0.05) is 6.92 Å². The van der Waals surface area contributed by atoms with E-state index in [9.17, 15) is 5.11 Å². The van der Waals surface area contributed by atoms with E-state index in [-0.39, 0.29) is 5.75 Å². The van der Waals surface area contributed by atoms with E-state index in [1.807, 2.05) is 26.0 Å². The first-order valence-corrected chi connectivity index (χ1v) is 7.46. The normalized spacial score (nSPS) is 10.8. The molecule has 1 aromatic carbocycles. The first-order chi connectivity index (χ1) is 10.1. The molecule has 1 aromatic heterocycles. The summed E-state index contributed by atoms with van der Waals surface area (Å²) in [5.41, 5.74) is 4.21. The number of rotatable bonds is 6. The van der Waals surface area contributed by atoms with Crippen molar-refractivity contribution in [2.24, 2.45) is 0 Å². The van der Waals surface area contributed by atoms with Crippen molar-refractivity contribution in [3.8, 4) is 17.1 Å². The van der Waals surface area contributed by atoms with Gasteiger partial charge >= 0.3 is 0 Å². The third-order valence-corrected chi connectivity index (χ3v) is 3.52. The summed E-state index contributed by atoms with van der Waals surface area (Å²) in [7, 11) is 0. The van der Waals surface area contributed by atoms with Crippen molar-refractivity contribution in [2.75, 3.05) is 13.1 Å². The van der Waals surface area contributed by atoms with Crippen LogP contribution < -0.4 is 5.32 Å². The Balaban J connectivity index is 2.18. The second kappa shape index (κ2) is 7.18. The zero-order chi connectivity index (χ0) is 15.2. The predicted octanol–water partition coefficient (Wildman–Crippen LogP) is 3.01. The topological polar surface area (TPSA) is 58.0 Å². The van der Waals surface area contributed by atoms with Gasteiger partial charge in [-0.3, -0.25) is 0 Å². The summed E-state index contributed by atoms with van der Waals surface area (Å²) >= 11 is 0. The largest absolute Gasteiger partial charge is 0.508 e. The smallest absolute Gasteiger partial charge is 0.159 e. The third kappa shape index (κ3) is 4.02. The van der Waals surface area contributed by atoms with Gasteiger partial charge in [-0.25, -0.2) is 9.97 Å². The fourth-order valence-corrected chi connectivity index (χ4v) is 2.36. The number of phenolic OH excluding ortho intramolecular Hbond substituents is 1. The maximum absolute atomic E-state index is 9.35. The van der Waals surface area contributed by atoms with Gasteiger partial charge in [0.05, 0.1) is 0 Å². The van der Waals surface area contributed by atoms with Crippen molar-refractivity contribution < 1.29 is 5.11 Å². The highest BCUT2D eigenvalue weighted by molar-refractivity contribution is 5.57. The molecule has 4 heteroatoms. The molecule has 4 nitrogen and oxygen atoms in total. The Morgan fingerprint density at radius 1 is 1.00 bits per heavy atom. The van der Waals surface area contributed by atoms with Crippen molar-refractivity contribution >= 4 is 0 Å². The Labute approximate surface area is 126 Å². The highest BCUT2D eigenvalue weighted by atomic mass is 16.3. The second-order valence-electron chi connectivity index (χ2n) is 5.24. The molecule has 0 radical (unpaired) electrons. The number of nitrogens with one attached hydrogen (secondary N) is 1. The molecule has 2 aromatic rings. The number of hydrogen-bond donors (Lipinski definition) is 2. The minimum Gasteiger partial charge on any atom is -0.508 e. The van der Waals surface area contributed by atoms with Gasteiger partial charge in [0.1, 0.15) is 5.75 Å². The molecule has 1 heterocycles. The van der Waals surface area contributed by atoms with E-state index in [2.05, 4.69) is 22.2 Å². The van der Waals surface area contributed by atoms with E-state index in [0.717, 1.165) is 48.7 Å². The fraction of sp³-hybridized carbons (Fsp3) is 0.412. The van der Waals surface area contributed by atoms with Crippen molar-refractivity contribution in [1.82, 2.24) is 15.3 Å². The maximum Gasteiger partial charge on any atom is 0.159 e. The van der Waals surface area contributed by atoms with Crippen LogP contribution >= 0.6 is 0 Å². The van der Waals surface area contributed by atoms with Crippen molar-refractivity contribution in [3.05, 3.63) is 41.2 Å². The lowest BCUT2D eigenvalue weighted by atomic mass is 10.1. The van der Waals surface area contributed by atoms with Crippen LogP contribution in [0.1, 0.15) is 30.3 Å². The number of aromatic hydroxyl groups is 1. The number of aryl methyl sites for hydroxylation is 2. The predicted molar refractivity (Wildman–Crippen MR) is 85.5 cm³/mol. The van der Waals surface area contributed by atoms with E-state index in [4.69, 9.17) is 0 Å². The van der Waals surface area contributed by atoms with Gasteiger partial charge in [0.15, 0.2) is 5.82 Å². The van der Waals surface area contributed by atoms with Crippen LogP contribution in [0.25, 0.3) is 11.4 Å². The Bertz CT molecular complexity index is 570. The molecule has 2 rings (SSSR count). The molecule has 0 fully saturated rings. The zero-order valence-electron chi connectivity index (χ0n) is 13.0. The molecule has 0 unspecified atom stereocenters. The number of nitrogens with zero attached hydrogens (tertiary/aromatic N) is 2. The van der Waals surface area contributed by atoms with Gasteiger partial charge < -0.3 is 10.4 Å². The SMILES string of the molecule is CCCNCCc1c(C)nc(-c2ccc(O)cc2)nc1C. The lowest BCUT2D eigenvalue weighted by Crippen LogP contribution is -2.19. The number of aromatic nitrogens is 2. The summed E-state index contributed by atoms with van der Waals surface area (Å²) < 4.78 is 0. The summed E-state index contributed by atoms with van der Waals surface area (Å²) in [6.45, 7) is 8.24. The van der Waals surface area contributed by atoms with Crippen molar-refractivity contribution in [1.29, 1.82) is 0 Å². The third-order valence-electron chi connectivity index (χ3n) is 3.52.